The number of carbonyl (C=O) groups excluding carboxylic acids is 3. The molecule has 1 aromatic carbocycles. The Morgan fingerprint density at radius 3 is 2.48 bits per heavy atom. The van der Waals surface area contributed by atoms with Gasteiger partial charge in [-0.2, -0.15) is 0 Å². The highest BCUT2D eigenvalue weighted by molar-refractivity contribution is 9.10. The second-order valence-electron chi connectivity index (χ2n) is 8.60. The van der Waals surface area contributed by atoms with Crippen LogP contribution in [0.3, 0.4) is 0 Å². The zero-order valence-electron chi connectivity index (χ0n) is 18.4. The van der Waals surface area contributed by atoms with Crippen molar-refractivity contribution in [1.82, 2.24) is 15.5 Å². The third kappa shape index (κ3) is 9.55. The lowest BCUT2D eigenvalue weighted by molar-refractivity contribution is -0.132. The normalized spacial score (nSPS) is 15.0. The summed E-state index contributed by atoms with van der Waals surface area (Å²) in [5.41, 5.74) is 0.394. The molecule has 3 amide bonds. The highest BCUT2D eigenvalue weighted by atomic mass is 79.9. The van der Waals surface area contributed by atoms with E-state index < -0.39 is 11.7 Å². The van der Waals surface area contributed by atoms with Crippen molar-refractivity contribution < 1.29 is 19.1 Å². The molecule has 2 rings (SSSR count). The van der Waals surface area contributed by atoms with E-state index in [0.29, 0.717) is 25.6 Å². The van der Waals surface area contributed by atoms with Crippen LogP contribution in [0, 0.1) is 5.92 Å². The average Bonchev–Trinajstić information content (AvgIpc) is 2.70. The van der Waals surface area contributed by atoms with Crippen molar-refractivity contribution in [3.63, 3.8) is 0 Å². The van der Waals surface area contributed by atoms with E-state index in [-0.39, 0.29) is 24.8 Å². The third-order valence-corrected chi connectivity index (χ3v) is 5.58. The molecule has 7 nitrogen and oxygen atoms in total. The van der Waals surface area contributed by atoms with Gasteiger partial charge in [0.15, 0.2) is 0 Å². The van der Waals surface area contributed by atoms with Gasteiger partial charge in [-0.05, 0) is 57.2 Å². The van der Waals surface area contributed by atoms with Gasteiger partial charge in [-0.15, -0.1) is 0 Å². The zero-order chi connectivity index (χ0) is 22.9. The first-order valence-electron chi connectivity index (χ1n) is 10.6. The van der Waals surface area contributed by atoms with Crippen LogP contribution in [-0.4, -0.2) is 54.6 Å². The van der Waals surface area contributed by atoms with Gasteiger partial charge < -0.3 is 20.3 Å². The molecule has 170 valence electrons. The highest BCUT2D eigenvalue weighted by Gasteiger charge is 2.23. The summed E-state index contributed by atoms with van der Waals surface area (Å²) in [6.07, 6.45) is 4.75. The summed E-state index contributed by atoms with van der Waals surface area (Å²) in [6.45, 7) is 7.57. The molecule has 0 aliphatic carbocycles. The zero-order valence-corrected chi connectivity index (χ0v) is 20.0. The van der Waals surface area contributed by atoms with E-state index in [1.165, 1.54) is 6.08 Å². The minimum Gasteiger partial charge on any atom is -0.444 e. The van der Waals surface area contributed by atoms with Gasteiger partial charge in [0, 0.05) is 43.1 Å². The number of carbonyl (C=O) groups is 3. The predicted molar refractivity (Wildman–Crippen MR) is 124 cm³/mol. The standard InChI is InChI=1S/C23H32BrN3O4/c1-23(2,3)31-22(30)25-13-10-21(29)27-14-11-17(12-15-27)16-26-20(28)9-8-18-6-4-5-7-19(18)24/h4-9,17H,10-16H2,1-3H3,(H,25,30)(H,26,28)/b9-8+. The quantitative estimate of drug-likeness (QED) is 0.566. The van der Waals surface area contributed by atoms with Crippen molar-refractivity contribution in [1.29, 1.82) is 0 Å². The van der Waals surface area contributed by atoms with Crippen molar-refractivity contribution in [3.05, 3.63) is 40.4 Å². The molecule has 1 aliphatic rings. The number of benzene rings is 1. The first-order chi connectivity index (χ1) is 14.6. The number of halogens is 1. The summed E-state index contributed by atoms with van der Waals surface area (Å²) in [6, 6.07) is 7.71. The second-order valence-corrected chi connectivity index (χ2v) is 9.46. The van der Waals surface area contributed by atoms with Crippen LogP contribution < -0.4 is 10.6 Å². The number of nitrogens with zero attached hydrogens (tertiary/aromatic N) is 1. The molecular weight excluding hydrogens is 462 g/mol. The SMILES string of the molecule is CC(C)(C)OC(=O)NCCC(=O)N1CCC(CNC(=O)/C=C/c2ccccc2Br)CC1. The number of alkyl carbamates (subject to hydrolysis) is 1. The number of piperidine rings is 1. The molecule has 0 unspecified atom stereocenters. The molecule has 2 N–H and O–H groups in total. The molecule has 0 atom stereocenters. The van der Waals surface area contributed by atoms with E-state index in [0.717, 1.165) is 22.9 Å². The lowest BCUT2D eigenvalue weighted by Crippen LogP contribution is -2.42. The minimum atomic E-state index is -0.556. The van der Waals surface area contributed by atoms with Crippen LogP contribution >= 0.6 is 15.9 Å². The fourth-order valence-corrected chi connectivity index (χ4v) is 3.63. The Bertz CT molecular complexity index is 796. The summed E-state index contributed by atoms with van der Waals surface area (Å²) in [5.74, 6) is 0.252. The lowest BCUT2D eigenvalue weighted by Gasteiger charge is -2.32. The Morgan fingerprint density at radius 1 is 1.16 bits per heavy atom. The van der Waals surface area contributed by atoms with E-state index in [2.05, 4.69) is 26.6 Å². The number of likely N-dealkylation sites (tertiary alicyclic amines) is 1. The fraction of sp³-hybridized carbons (Fsp3) is 0.522. The minimum absolute atomic E-state index is 0.0231. The van der Waals surface area contributed by atoms with Crippen molar-refractivity contribution in [2.45, 2.75) is 45.6 Å². The maximum absolute atomic E-state index is 12.3. The maximum atomic E-state index is 12.3. The summed E-state index contributed by atoms with van der Waals surface area (Å²) in [5, 5.41) is 5.56. The topological polar surface area (TPSA) is 87.7 Å². The molecule has 1 saturated heterocycles. The Hall–Kier alpha value is -2.35. The van der Waals surface area contributed by atoms with Crippen LogP contribution in [-0.2, 0) is 14.3 Å². The number of rotatable bonds is 7. The molecule has 0 radical (unpaired) electrons. The molecule has 0 spiro atoms. The molecule has 31 heavy (non-hydrogen) atoms. The average molecular weight is 494 g/mol. The van der Waals surface area contributed by atoms with Gasteiger partial charge in [0.05, 0.1) is 0 Å². The van der Waals surface area contributed by atoms with Crippen LogP contribution in [0.25, 0.3) is 6.08 Å². The third-order valence-electron chi connectivity index (χ3n) is 4.86. The van der Waals surface area contributed by atoms with Gasteiger partial charge in [0.25, 0.3) is 0 Å². The van der Waals surface area contributed by atoms with E-state index in [9.17, 15) is 14.4 Å². The van der Waals surface area contributed by atoms with Gasteiger partial charge in [0.1, 0.15) is 5.60 Å². The van der Waals surface area contributed by atoms with E-state index in [1.807, 2.05) is 29.2 Å². The highest BCUT2D eigenvalue weighted by Crippen LogP contribution is 2.18. The molecule has 1 aromatic rings. The van der Waals surface area contributed by atoms with Gasteiger partial charge in [-0.1, -0.05) is 34.1 Å². The number of amides is 3. The number of ether oxygens (including phenoxy) is 1. The van der Waals surface area contributed by atoms with Gasteiger partial charge >= 0.3 is 6.09 Å². The van der Waals surface area contributed by atoms with Crippen LogP contribution in [0.1, 0.15) is 45.6 Å². The number of hydrogen-bond donors (Lipinski definition) is 2. The van der Waals surface area contributed by atoms with Crippen molar-refractivity contribution in [3.8, 4) is 0 Å². The van der Waals surface area contributed by atoms with Gasteiger partial charge in [0.2, 0.25) is 11.8 Å². The van der Waals surface area contributed by atoms with Crippen LogP contribution in [0.2, 0.25) is 0 Å². The summed E-state index contributed by atoms with van der Waals surface area (Å²) >= 11 is 3.46. The predicted octanol–water partition coefficient (Wildman–Crippen LogP) is 3.73. The first kappa shape index (κ1) is 24.9. The summed E-state index contributed by atoms with van der Waals surface area (Å²) in [7, 11) is 0. The fourth-order valence-electron chi connectivity index (χ4n) is 3.21. The smallest absolute Gasteiger partial charge is 0.407 e. The first-order valence-corrected chi connectivity index (χ1v) is 11.4. The van der Waals surface area contributed by atoms with Crippen molar-refractivity contribution in [2.24, 2.45) is 5.92 Å². The monoisotopic (exact) mass is 493 g/mol. The Kier molecular flexibility index (Phi) is 9.55. The molecule has 8 heteroatoms. The lowest BCUT2D eigenvalue weighted by atomic mass is 9.96. The van der Waals surface area contributed by atoms with E-state index in [1.54, 1.807) is 26.8 Å². The maximum Gasteiger partial charge on any atom is 0.407 e. The van der Waals surface area contributed by atoms with Crippen molar-refractivity contribution in [2.75, 3.05) is 26.2 Å². The van der Waals surface area contributed by atoms with E-state index >= 15 is 0 Å². The molecule has 1 heterocycles. The van der Waals surface area contributed by atoms with Gasteiger partial charge in [-0.3, -0.25) is 9.59 Å². The molecule has 0 bridgehead atoms. The number of nitrogens with one attached hydrogen (secondary N) is 2. The Labute approximate surface area is 192 Å². The molecule has 0 aromatic heterocycles. The second kappa shape index (κ2) is 11.9. The Morgan fingerprint density at radius 2 is 1.84 bits per heavy atom. The molecule has 1 aliphatic heterocycles. The summed E-state index contributed by atoms with van der Waals surface area (Å²) in [4.78, 5) is 37.9. The van der Waals surface area contributed by atoms with Crippen LogP contribution in [0.5, 0.6) is 0 Å². The Balaban J connectivity index is 1.63. The molecule has 1 fully saturated rings. The van der Waals surface area contributed by atoms with Crippen molar-refractivity contribution >= 4 is 39.9 Å². The van der Waals surface area contributed by atoms with Gasteiger partial charge in [-0.25, -0.2) is 4.79 Å². The van der Waals surface area contributed by atoms with E-state index in [4.69, 9.17) is 4.74 Å². The summed E-state index contributed by atoms with van der Waals surface area (Å²) < 4.78 is 6.10. The van der Waals surface area contributed by atoms with Crippen LogP contribution in [0.15, 0.2) is 34.8 Å². The van der Waals surface area contributed by atoms with Crippen LogP contribution in [0.4, 0.5) is 4.79 Å². The largest absolute Gasteiger partial charge is 0.444 e. The molecule has 0 saturated carbocycles. The molecular formula is C23H32BrN3O4. The number of hydrogen-bond acceptors (Lipinski definition) is 4.